The van der Waals surface area contributed by atoms with Crippen molar-refractivity contribution in [1.82, 2.24) is 10.6 Å². The smallest absolute Gasteiger partial charge is 0.408 e. The van der Waals surface area contributed by atoms with E-state index >= 15 is 0 Å². The third-order valence-corrected chi connectivity index (χ3v) is 5.64. The van der Waals surface area contributed by atoms with Crippen LogP contribution in [0, 0.1) is 6.92 Å². The quantitative estimate of drug-likeness (QED) is 0.369. The topological polar surface area (TPSA) is 93.7 Å². The molecule has 7 heteroatoms. The minimum atomic E-state index is -0.899. The molecular formula is C31H36N2O5. The molecule has 1 atom stereocenters. The van der Waals surface area contributed by atoms with Crippen molar-refractivity contribution in [1.29, 1.82) is 0 Å². The van der Waals surface area contributed by atoms with Crippen molar-refractivity contribution in [2.45, 2.75) is 65.3 Å². The highest BCUT2D eigenvalue weighted by Gasteiger charge is 2.26. The van der Waals surface area contributed by atoms with Crippen LogP contribution in [0.3, 0.4) is 0 Å². The van der Waals surface area contributed by atoms with Crippen molar-refractivity contribution in [3.63, 3.8) is 0 Å². The van der Waals surface area contributed by atoms with Gasteiger partial charge < -0.3 is 20.1 Å². The lowest BCUT2D eigenvalue weighted by Gasteiger charge is -2.23. The zero-order valence-electron chi connectivity index (χ0n) is 22.5. The van der Waals surface area contributed by atoms with Gasteiger partial charge in [-0.05, 0) is 49.9 Å². The number of carbonyl (C=O) groups excluding carboxylic acids is 3. The molecule has 0 heterocycles. The molecule has 3 aromatic carbocycles. The van der Waals surface area contributed by atoms with Gasteiger partial charge in [0.05, 0.1) is 6.42 Å². The zero-order valence-corrected chi connectivity index (χ0v) is 22.5. The van der Waals surface area contributed by atoms with Crippen LogP contribution >= 0.6 is 0 Å². The predicted octanol–water partition coefficient (Wildman–Crippen LogP) is 5.03. The molecule has 0 radical (unpaired) electrons. The molecule has 3 aromatic rings. The van der Waals surface area contributed by atoms with Crippen LogP contribution in [0.15, 0.2) is 78.9 Å². The van der Waals surface area contributed by atoms with E-state index in [0.717, 1.165) is 22.3 Å². The maximum atomic E-state index is 12.9. The van der Waals surface area contributed by atoms with E-state index in [0.29, 0.717) is 6.54 Å². The van der Waals surface area contributed by atoms with Gasteiger partial charge in [0.15, 0.2) is 0 Å². The van der Waals surface area contributed by atoms with Gasteiger partial charge in [-0.2, -0.15) is 0 Å². The van der Waals surface area contributed by atoms with Crippen molar-refractivity contribution < 1.29 is 23.9 Å². The molecule has 0 aromatic heterocycles. The van der Waals surface area contributed by atoms with Gasteiger partial charge in [0, 0.05) is 13.0 Å². The minimum Gasteiger partial charge on any atom is -0.459 e. The lowest BCUT2D eigenvalue weighted by molar-refractivity contribution is -0.147. The summed E-state index contributed by atoms with van der Waals surface area (Å²) >= 11 is 0. The summed E-state index contributed by atoms with van der Waals surface area (Å²) in [6, 6.07) is 23.9. The number of benzene rings is 3. The Morgan fingerprint density at radius 2 is 1.39 bits per heavy atom. The van der Waals surface area contributed by atoms with Gasteiger partial charge in [0.1, 0.15) is 18.2 Å². The second kappa shape index (κ2) is 13.4. The van der Waals surface area contributed by atoms with Gasteiger partial charge in [-0.15, -0.1) is 0 Å². The van der Waals surface area contributed by atoms with Crippen molar-refractivity contribution in [3.8, 4) is 0 Å². The van der Waals surface area contributed by atoms with E-state index in [1.807, 2.05) is 85.8 Å². The third-order valence-electron chi connectivity index (χ3n) is 5.64. The highest BCUT2D eigenvalue weighted by Crippen LogP contribution is 2.12. The standard InChI is InChI=1S/C31H36N2O5/c1-22-10-12-25(13-11-22)20-32-28(34)19-24-14-16-26(17-15-24)21-37-29(35)27(18-23-8-6-5-7-9-23)33-30(36)38-31(2,3)4/h5-17,27H,18-21H2,1-4H3,(H,32,34)(H,33,36)/t27-/m1/s1. The van der Waals surface area contributed by atoms with E-state index in [9.17, 15) is 14.4 Å². The molecule has 0 aliphatic carbocycles. The molecule has 0 aliphatic heterocycles. The van der Waals surface area contributed by atoms with Gasteiger partial charge in [-0.25, -0.2) is 9.59 Å². The van der Waals surface area contributed by atoms with E-state index in [-0.39, 0.29) is 25.4 Å². The third kappa shape index (κ3) is 10.1. The fraction of sp³-hybridized carbons (Fsp3) is 0.323. The molecule has 3 rings (SSSR count). The largest absolute Gasteiger partial charge is 0.459 e. The average Bonchev–Trinajstić information content (AvgIpc) is 2.87. The molecule has 0 fully saturated rings. The van der Waals surface area contributed by atoms with Crippen LogP contribution in [0.2, 0.25) is 0 Å². The first-order valence-electron chi connectivity index (χ1n) is 12.7. The van der Waals surface area contributed by atoms with Gasteiger partial charge in [-0.3, -0.25) is 4.79 Å². The Morgan fingerprint density at radius 3 is 2.03 bits per heavy atom. The Balaban J connectivity index is 1.52. The highest BCUT2D eigenvalue weighted by atomic mass is 16.6. The fourth-order valence-electron chi connectivity index (χ4n) is 3.66. The summed E-state index contributed by atoms with van der Waals surface area (Å²) in [6.45, 7) is 7.82. The highest BCUT2D eigenvalue weighted by molar-refractivity contribution is 5.82. The van der Waals surface area contributed by atoms with Crippen LogP contribution in [0.5, 0.6) is 0 Å². The molecule has 0 bridgehead atoms. The number of rotatable bonds is 10. The maximum Gasteiger partial charge on any atom is 0.408 e. The SMILES string of the molecule is Cc1ccc(CNC(=O)Cc2ccc(COC(=O)[C@@H](Cc3ccccc3)NC(=O)OC(C)(C)C)cc2)cc1. The van der Waals surface area contributed by atoms with E-state index in [4.69, 9.17) is 9.47 Å². The Morgan fingerprint density at radius 1 is 0.789 bits per heavy atom. The molecule has 200 valence electrons. The first-order valence-corrected chi connectivity index (χ1v) is 12.7. The fourth-order valence-corrected chi connectivity index (χ4v) is 3.66. The summed E-state index contributed by atoms with van der Waals surface area (Å²) in [5.41, 5.74) is 4.05. The normalized spacial score (nSPS) is 11.8. The Kier molecular flexibility index (Phi) is 10.0. The molecule has 0 saturated heterocycles. The molecule has 0 aliphatic rings. The Bertz CT molecular complexity index is 1200. The number of amides is 2. The number of carbonyl (C=O) groups is 3. The average molecular weight is 517 g/mol. The molecule has 7 nitrogen and oxygen atoms in total. The van der Waals surface area contributed by atoms with Crippen LogP contribution in [-0.4, -0.2) is 29.6 Å². The number of esters is 1. The predicted molar refractivity (Wildman–Crippen MR) is 146 cm³/mol. The van der Waals surface area contributed by atoms with Gasteiger partial charge >= 0.3 is 12.1 Å². The Hall–Kier alpha value is -4.13. The van der Waals surface area contributed by atoms with Crippen LogP contribution < -0.4 is 10.6 Å². The summed E-state index contributed by atoms with van der Waals surface area (Å²) in [5, 5.41) is 5.57. The summed E-state index contributed by atoms with van der Waals surface area (Å²) in [6.07, 6.45) is -0.152. The second-order valence-corrected chi connectivity index (χ2v) is 10.3. The lowest BCUT2D eigenvalue weighted by Crippen LogP contribution is -2.45. The molecule has 2 amide bonds. The number of alkyl carbamates (subject to hydrolysis) is 1. The molecular weight excluding hydrogens is 480 g/mol. The molecule has 38 heavy (non-hydrogen) atoms. The van der Waals surface area contributed by atoms with Crippen LogP contribution in [0.25, 0.3) is 0 Å². The molecule has 0 unspecified atom stereocenters. The van der Waals surface area contributed by atoms with E-state index in [2.05, 4.69) is 10.6 Å². The number of hydrogen-bond acceptors (Lipinski definition) is 5. The summed E-state index contributed by atoms with van der Waals surface area (Å²) in [4.78, 5) is 37.6. The van der Waals surface area contributed by atoms with Crippen molar-refractivity contribution in [2.24, 2.45) is 0 Å². The lowest BCUT2D eigenvalue weighted by atomic mass is 10.1. The van der Waals surface area contributed by atoms with Gasteiger partial charge in [0.25, 0.3) is 0 Å². The first kappa shape index (κ1) is 28.4. The summed E-state index contributed by atoms with van der Waals surface area (Å²) in [5.74, 6) is -0.624. The molecule has 0 spiro atoms. The molecule has 2 N–H and O–H groups in total. The monoisotopic (exact) mass is 516 g/mol. The maximum absolute atomic E-state index is 12.9. The summed E-state index contributed by atoms with van der Waals surface area (Å²) < 4.78 is 10.8. The first-order chi connectivity index (χ1) is 18.1. The number of nitrogens with one attached hydrogen (secondary N) is 2. The van der Waals surface area contributed by atoms with Gasteiger partial charge in [-0.1, -0.05) is 84.4 Å². The number of ether oxygens (including phenoxy) is 2. The van der Waals surface area contributed by atoms with Crippen LogP contribution in [0.4, 0.5) is 4.79 Å². The van der Waals surface area contributed by atoms with E-state index in [1.165, 1.54) is 5.56 Å². The molecule has 0 saturated carbocycles. The minimum absolute atomic E-state index is 0.0417. The summed E-state index contributed by atoms with van der Waals surface area (Å²) in [7, 11) is 0. The zero-order chi connectivity index (χ0) is 27.5. The van der Waals surface area contributed by atoms with Crippen LogP contribution in [-0.2, 0) is 45.1 Å². The van der Waals surface area contributed by atoms with Gasteiger partial charge in [0.2, 0.25) is 5.91 Å². The van der Waals surface area contributed by atoms with Crippen molar-refractivity contribution in [2.75, 3.05) is 0 Å². The second-order valence-electron chi connectivity index (χ2n) is 10.3. The van der Waals surface area contributed by atoms with Crippen LogP contribution in [0.1, 0.15) is 48.6 Å². The van der Waals surface area contributed by atoms with E-state index < -0.39 is 23.7 Å². The van der Waals surface area contributed by atoms with E-state index in [1.54, 1.807) is 20.8 Å². The van der Waals surface area contributed by atoms with Crippen molar-refractivity contribution in [3.05, 3.63) is 107 Å². The number of hydrogen-bond donors (Lipinski definition) is 2. The number of aryl methyl sites for hydroxylation is 1. The van der Waals surface area contributed by atoms with Crippen molar-refractivity contribution >= 4 is 18.0 Å². The Labute approximate surface area is 224 Å².